The number of aliphatic hydroxyl groups excluding tert-OH is 4. The van der Waals surface area contributed by atoms with Gasteiger partial charge in [0.15, 0.2) is 6.29 Å². The zero-order valence-corrected chi connectivity index (χ0v) is 18.4. The van der Waals surface area contributed by atoms with E-state index in [1.807, 2.05) is 54.6 Å². The molecule has 0 bridgehead atoms. The van der Waals surface area contributed by atoms with Crippen molar-refractivity contribution in [3.8, 4) is 0 Å². The summed E-state index contributed by atoms with van der Waals surface area (Å²) in [5.41, 5.74) is 1.08. The second-order valence-corrected chi connectivity index (χ2v) is 7.10. The second-order valence-electron chi connectivity index (χ2n) is 7.10. The Morgan fingerprint density at radius 3 is 2.39 bits per heavy atom. The molecule has 174 valence electrons. The second kappa shape index (κ2) is 14.5. The molecular formula is C22H30FeO8. The molecule has 31 heavy (non-hydrogen) atoms. The Labute approximate surface area is 192 Å². The fourth-order valence-electron chi connectivity index (χ4n) is 2.83. The summed E-state index contributed by atoms with van der Waals surface area (Å²) in [5.74, 6) is -1.05. The van der Waals surface area contributed by atoms with E-state index in [1.165, 1.54) is 0 Å². The minimum atomic E-state index is -1.51. The van der Waals surface area contributed by atoms with Crippen molar-refractivity contribution in [3.63, 3.8) is 0 Å². The third kappa shape index (κ3) is 8.84. The predicted molar refractivity (Wildman–Crippen MR) is 108 cm³/mol. The molecule has 4 N–H and O–H groups in total. The molecular weight excluding hydrogens is 448 g/mol. The van der Waals surface area contributed by atoms with Gasteiger partial charge in [0.05, 0.1) is 25.7 Å². The normalized spacial score (nSPS) is 26.2. The van der Waals surface area contributed by atoms with E-state index in [0.717, 1.165) is 5.56 Å². The zero-order chi connectivity index (χ0) is 21.9. The largest absolute Gasteiger partial charge is 2.00 e. The Morgan fingerprint density at radius 2 is 1.84 bits per heavy atom. The standard InChI is InChI=1S/C17H25O8.C5H5.Fe/c1-10(16(22)23-7-6-11-4-2-3-5-11)9-24-17-15(21)14(20)13(19)12(8-18)25-17;1-2-4-5-3-1;/h2-5,10,12-15,17-21H,6-9H2,1H3;1-5H;/q2*-1;+2/t10-,12-,13-,14+,15+,17+;;/m1../s1. The first kappa shape index (κ1) is 27.5. The van der Waals surface area contributed by atoms with Crippen molar-refractivity contribution in [1.82, 2.24) is 0 Å². The van der Waals surface area contributed by atoms with Gasteiger partial charge in [-0.3, -0.25) is 4.79 Å². The van der Waals surface area contributed by atoms with E-state index in [-0.39, 0.29) is 30.3 Å². The van der Waals surface area contributed by atoms with Crippen LogP contribution in [0.15, 0.2) is 54.6 Å². The molecule has 2 aromatic rings. The number of rotatable bonds is 8. The van der Waals surface area contributed by atoms with Crippen molar-refractivity contribution in [2.24, 2.45) is 5.92 Å². The van der Waals surface area contributed by atoms with Gasteiger partial charge in [-0.05, 0) is 13.3 Å². The van der Waals surface area contributed by atoms with Crippen LogP contribution < -0.4 is 0 Å². The van der Waals surface area contributed by atoms with Crippen molar-refractivity contribution in [2.45, 2.75) is 44.1 Å². The number of carbonyl (C=O) groups excluding carboxylic acids is 1. The number of carbonyl (C=O) groups is 1. The molecule has 6 atom stereocenters. The Morgan fingerprint density at radius 1 is 1.13 bits per heavy atom. The van der Waals surface area contributed by atoms with Gasteiger partial charge < -0.3 is 34.6 Å². The maximum absolute atomic E-state index is 11.9. The van der Waals surface area contributed by atoms with Crippen LogP contribution in [-0.2, 0) is 42.5 Å². The van der Waals surface area contributed by atoms with Crippen LogP contribution in [0.25, 0.3) is 0 Å². The molecule has 1 aliphatic rings. The molecule has 1 saturated heterocycles. The van der Waals surface area contributed by atoms with Gasteiger partial charge in [-0.15, -0.1) is 0 Å². The van der Waals surface area contributed by atoms with Gasteiger partial charge in [0.2, 0.25) is 0 Å². The summed E-state index contributed by atoms with van der Waals surface area (Å²) in [6, 6.07) is 17.7. The van der Waals surface area contributed by atoms with Gasteiger partial charge in [0.25, 0.3) is 0 Å². The predicted octanol–water partition coefficient (Wildman–Crippen LogP) is 0.347. The minimum absolute atomic E-state index is 0. The van der Waals surface area contributed by atoms with Gasteiger partial charge in [-0.1, -0.05) is 0 Å². The first-order valence-electron chi connectivity index (χ1n) is 9.90. The van der Waals surface area contributed by atoms with Crippen LogP contribution in [0.5, 0.6) is 0 Å². The van der Waals surface area contributed by atoms with Crippen LogP contribution in [0.4, 0.5) is 0 Å². The van der Waals surface area contributed by atoms with Crippen molar-refractivity contribution < 1.29 is 56.5 Å². The molecule has 0 radical (unpaired) electrons. The summed E-state index contributed by atoms with van der Waals surface area (Å²) in [7, 11) is 0. The summed E-state index contributed by atoms with van der Waals surface area (Å²) in [6.45, 7) is 1.23. The van der Waals surface area contributed by atoms with Crippen molar-refractivity contribution in [1.29, 1.82) is 0 Å². The Bertz CT molecular complexity index is 671. The zero-order valence-electron chi connectivity index (χ0n) is 17.3. The molecule has 9 heteroatoms. The maximum Gasteiger partial charge on any atom is 2.00 e. The van der Waals surface area contributed by atoms with E-state index in [0.29, 0.717) is 6.42 Å². The van der Waals surface area contributed by atoms with Crippen molar-refractivity contribution in [3.05, 3.63) is 60.2 Å². The van der Waals surface area contributed by atoms with E-state index in [9.17, 15) is 20.1 Å². The summed E-state index contributed by atoms with van der Waals surface area (Å²) >= 11 is 0. The van der Waals surface area contributed by atoms with Crippen LogP contribution in [0.2, 0.25) is 0 Å². The molecule has 0 aromatic heterocycles. The molecule has 1 heterocycles. The molecule has 2 aromatic carbocycles. The van der Waals surface area contributed by atoms with E-state index in [4.69, 9.17) is 19.3 Å². The van der Waals surface area contributed by atoms with E-state index < -0.39 is 49.2 Å². The van der Waals surface area contributed by atoms with Crippen LogP contribution in [-0.4, -0.2) is 76.9 Å². The van der Waals surface area contributed by atoms with Gasteiger partial charge in [0.1, 0.15) is 24.4 Å². The van der Waals surface area contributed by atoms with Gasteiger partial charge >= 0.3 is 23.0 Å². The van der Waals surface area contributed by atoms with Crippen LogP contribution in [0.1, 0.15) is 12.5 Å². The fourth-order valence-corrected chi connectivity index (χ4v) is 2.83. The number of aliphatic hydroxyl groups is 4. The third-order valence-corrected chi connectivity index (χ3v) is 4.68. The molecule has 0 unspecified atom stereocenters. The SMILES string of the molecule is C[C@H](CO[C@H]1O[C@H](CO)[C@@H](O)[C@H](O)[C@@H]1O)C(=O)OCCc1ccc[cH-]1.[Fe+2].c1cc[cH-]c1. The smallest absolute Gasteiger partial charge is 0.465 e. The maximum atomic E-state index is 11.9. The summed E-state index contributed by atoms with van der Waals surface area (Å²) in [4.78, 5) is 11.9. The Balaban J connectivity index is 0.000000701. The molecule has 3 rings (SSSR count). The van der Waals surface area contributed by atoms with Crippen molar-refractivity contribution >= 4 is 5.97 Å². The van der Waals surface area contributed by atoms with Gasteiger partial charge in [-0.25, -0.2) is 24.3 Å². The number of ether oxygens (including phenoxy) is 3. The summed E-state index contributed by atoms with van der Waals surface area (Å²) < 4.78 is 15.7. The third-order valence-electron chi connectivity index (χ3n) is 4.68. The van der Waals surface area contributed by atoms with Gasteiger partial charge in [0, 0.05) is 0 Å². The topological polar surface area (TPSA) is 126 Å². The van der Waals surface area contributed by atoms with Crippen LogP contribution >= 0.6 is 0 Å². The molecule has 0 spiro atoms. The molecule has 1 aliphatic heterocycles. The summed E-state index contributed by atoms with van der Waals surface area (Å²) in [5, 5.41) is 38.4. The molecule has 8 nitrogen and oxygen atoms in total. The quantitative estimate of drug-likeness (QED) is 0.243. The minimum Gasteiger partial charge on any atom is -0.465 e. The van der Waals surface area contributed by atoms with E-state index >= 15 is 0 Å². The summed E-state index contributed by atoms with van der Waals surface area (Å²) in [6.07, 6.45) is -6.12. The fraction of sp³-hybridized carbons (Fsp3) is 0.500. The first-order chi connectivity index (χ1) is 14.4. The van der Waals surface area contributed by atoms with Crippen LogP contribution in [0, 0.1) is 5.92 Å². The molecule has 0 amide bonds. The number of hydrogen-bond acceptors (Lipinski definition) is 8. The molecule has 0 aliphatic carbocycles. The molecule has 1 fully saturated rings. The van der Waals surface area contributed by atoms with E-state index in [1.54, 1.807) is 6.92 Å². The average Bonchev–Trinajstić information content (AvgIpc) is 3.48. The monoisotopic (exact) mass is 478 g/mol. The number of hydrogen-bond donors (Lipinski definition) is 4. The Kier molecular flexibility index (Phi) is 12.9. The first-order valence-corrected chi connectivity index (χ1v) is 9.90. The Hall–Kier alpha value is -1.55. The number of esters is 1. The van der Waals surface area contributed by atoms with Crippen LogP contribution in [0.3, 0.4) is 0 Å². The average molecular weight is 478 g/mol. The van der Waals surface area contributed by atoms with E-state index in [2.05, 4.69) is 0 Å². The van der Waals surface area contributed by atoms with Crippen molar-refractivity contribution in [2.75, 3.05) is 19.8 Å². The van der Waals surface area contributed by atoms with Gasteiger partial charge in [-0.2, -0.15) is 35.9 Å². The molecule has 0 saturated carbocycles.